The zero-order chi connectivity index (χ0) is 15.4. The molecule has 9 heteroatoms. The Morgan fingerprint density at radius 3 is 2.00 bits per heavy atom. The molecule has 0 aliphatic rings. The van der Waals surface area contributed by atoms with Gasteiger partial charge in [0.25, 0.3) is 0 Å². The minimum atomic E-state index is -5.13. The van der Waals surface area contributed by atoms with Gasteiger partial charge in [-0.15, -0.1) is 0 Å². The second kappa shape index (κ2) is 6.53. The van der Waals surface area contributed by atoms with Crippen molar-refractivity contribution >= 4 is 11.6 Å². The van der Waals surface area contributed by atoms with Crippen molar-refractivity contribution in [3.8, 4) is 5.75 Å². The molecule has 114 valence electrons. The Morgan fingerprint density at radius 1 is 1.00 bits per heavy atom. The average molecular weight is 323 g/mol. The zero-order valence-corrected chi connectivity index (χ0v) is 10.5. The maximum Gasteiger partial charge on any atom is 0.415 e. The fraction of sp³-hybridized carbons (Fsp3) is 0.455. The van der Waals surface area contributed by atoms with Crippen LogP contribution in [0.4, 0.5) is 26.3 Å². The first kappa shape index (κ1) is 16.9. The van der Waals surface area contributed by atoms with Gasteiger partial charge in [-0.25, -0.2) is 0 Å². The number of rotatable bonds is 5. The molecule has 0 heterocycles. The molecular weight excluding hydrogens is 314 g/mol. The first-order valence-corrected chi connectivity index (χ1v) is 5.59. The van der Waals surface area contributed by atoms with Crippen LogP contribution in [-0.2, 0) is 4.74 Å². The van der Waals surface area contributed by atoms with Crippen LogP contribution >= 0.6 is 11.6 Å². The molecule has 0 saturated heterocycles. The molecule has 0 aliphatic carbocycles. The van der Waals surface area contributed by atoms with E-state index in [-0.39, 0.29) is 5.75 Å². The minimum absolute atomic E-state index is 0.127. The van der Waals surface area contributed by atoms with E-state index in [0.29, 0.717) is 5.02 Å². The lowest BCUT2D eigenvalue weighted by atomic mass is 10.2. The zero-order valence-electron chi connectivity index (χ0n) is 9.76. The van der Waals surface area contributed by atoms with E-state index in [0.717, 1.165) is 0 Å². The van der Waals surface area contributed by atoms with Gasteiger partial charge in [-0.1, -0.05) is 11.6 Å². The van der Waals surface area contributed by atoms with Crippen molar-refractivity contribution < 1.29 is 35.8 Å². The van der Waals surface area contributed by atoms with Gasteiger partial charge in [0.2, 0.25) is 0 Å². The molecule has 0 fully saturated rings. The monoisotopic (exact) mass is 322 g/mol. The lowest BCUT2D eigenvalue weighted by molar-refractivity contribution is -0.265. The second-order valence-electron chi connectivity index (χ2n) is 3.73. The van der Waals surface area contributed by atoms with E-state index in [1.54, 1.807) is 0 Å². The lowest BCUT2D eigenvalue weighted by Crippen LogP contribution is -2.37. The third-order valence-corrected chi connectivity index (χ3v) is 2.34. The number of ether oxygens (including phenoxy) is 2. The van der Waals surface area contributed by atoms with E-state index in [4.69, 9.17) is 16.3 Å². The number of benzene rings is 1. The molecule has 0 amide bonds. The molecule has 0 radical (unpaired) electrons. The van der Waals surface area contributed by atoms with Crippen LogP contribution < -0.4 is 4.74 Å². The summed E-state index contributed by atoms with van der Waals surface area (Å²) >= 11 is 5.57. The molecule has 0 spiro atoms. The molecule has 1 rings (SSSR count). The summed E-state index contributed by atoms with van der Waals surface area (Å²) in [6, 6.07) is 5.51. The van der Waals surface area contributed by atoms with Gasteiger partial charge in [0.15, 0.2) is 12.9 Å². The van der Waals surface area contributed by atoms with Gasteiger partial charge < -0.3 is 9.47 Å². The summed E-state index contributed by atoms with van der Waals surface area (Å²) < 4.78 is 81.8. The van der Waals surface area contributed by atoms with E-state index in [1.807, 2.05) is 0 Å². The van der Waals surface area contributed by atoms with Crippen LogP contribution in [0.5, 0.6) is 5.75 Å². The quantitative estimate of drug-likeness (QED) is 0.584. The average Bonchev–Trinajstić information content (AvgIpc) is 2.27. The molecule has 0 aromatic heterocycles. The van der Waals surface area contributed by atoms with Crippen molar-refractivity contribution in [1.29, 1.82) is 0 Å². The highest BCUT2D eigenvalue weighted by atomic mass is 35.5. The second-order valence-corrected chi connectivity index (χ2v) is 4.17. The summed E-state index contributed by atoms with van der Waals surface area (Å²) in [5.74, 6) is 0.127. The Kier molecular flexibility index (Phi) is 5.52. The standard InChI is InChI=1S/C11H9ClF6O2/c12-7-1-3-8(4-2-7)19-6-20-9(11(16,17)18)5-10(13,14)15/h1-4,9H,5-6H2. The number of hydrogen-bond donors (Lipinski definition) is 0. The largest absolute Gasteiger partial charge is 0.468 e. The van der Waals surface area contributed by atoms with Crippen LogP contribution in [0.3, 0.4) is 0 Å². The number of alkyl halides is 6. The third-order valence-electron chi connectivity index (χ3n) is 2.09. The molecule has 1 unspecified atom stereocenters. The highest BCUT2D eigenvalue weighted by Crippen LogP contribution is 2.32. The SMILES string of the molecule is FC(F)(F)CC(OCOc1ccc(Cl)cc1)C(F)(F)F. The first-order chi connectivity index (χ1) is 9.08. The van der Waals surface area contributed by atoms with Gasteiger partial charge in [0.05, 0.1) is 6.42 Å². The van der Waals surface area contributed by atoms with Crippen molar-refractivity contribution in [2.24, 2.45) is 0 Å². The maximum atomic E-state index is 12.3. The van der Waals surface area contributed by atoms with Gasteiger partial charge in [-0.05, 0) is 24.3 Å². The molecule has 0 saturated carbocycles. The van der Waals surface area contributed by atoms with E-state index in [2.05, 4.69) is 4.74 Å². The van der Waals surface area contributed by atoms with E-state index >= 15 is 0 Å². The Hall–Kier alpha value is -1.15. The molecule has 2 nitrogen and oxygen atoms in total. The summed E-state index contributed by atoms with van der Waals surface area (Å²) in [7, 11) is 0. The maximum absolute atomic E-state index is 12.3. The Morgan fingerprint density at radius 2 is 1.55 bits per heavy atom. The molecule has 0 bridgehead atoms. The fourth-order valence-electron chi connectivity index (χ4n) is 1.19. The summed E-state index contributed by atoms with van der Waals surface area (Å²) in [5, 5.41) is 0.378. The van der Waals surface area contributed by atoms with Crippen molar-refractivity contribution in [2.45, 2.75) is 24.9 Å². The Labute approximate surface area is 115 Å². The van der Waals surface area contributed by atoms with Crippen molar-refractivity contribution in [3.05, 3.63) is 29.3 Å². The highest BCUT2D eigenvalue weighted by molar-refractivity contribution is 6.30. The van der Waals surface area contributed by atoms with Gasteiger partial charge in [0.1, 0.15) is 5.75 Å². The van der Waals surface area contributed by atoms with E-state index in [9.17, 15) is 26.3 Å². The first-order valence-electron chi connectivity index (χ1n) is 5.21. The van der Waals surface area contributed by atoms with Crippen LogP contribution in [0.25, 0.3) is 0 Å². The van der Waals surface area contributed by atoms with Gasteiger partial charge in [0, 0.05) is 5.02 Å². The normalized spacial score (nSPS) is 14.2. The van der Waals surface area contributed by atoms with Gasteiger partial charge in [-0.2, -0.15) is 26.3 Å². The van der Waals surface area contributed by atoms with Gasteiger partial charge >= 0.3 is 12.4 Å². The molecule has 1 atom stereocenters. The topological polar surface area (TPSA) is 18.5 Å². The Balaban J connectivity index is 2.52. The highest BCUT2D eigenvalue weighted by Gasteiger charge is 2.47. The number of hydrogen-bond acceptors (Lipinski definition) is 2. The molecular formula is C11H9ClF6O2. The predicted octanol–water partition coefficient (Wildman–Crippen LogP) is 4.58. The predicted molar refractivity (Wildman–Crippen MR) is 58.5 cm³/mol. The van der Waals surface area contributed by atoms with E-state index < -0.39 is 31.7 Å². The molecule has 1 aromatic rings. The summed E-state index contributed by atoms with van der Waals surface area (Å²) in [6.45, 7) is -0.956. The summed E-state index contributed by atoms with van der Waals surface area (Å²) in [5.41, 5.74) is 0. The van der Waals surface area contributed by atoms with Crippen LogP contribution in [0, 0.1) is 0 Å². The minimum Gasteiger partial charge on any atom is -0.468 e. The molecule has 0 N–H and O–H groups in total. The number of halogens is 7. The lowest BCUT2D eigenvalue weighted by Gasteiger charge is -2.22. The molecule has 20 heavy (non-hydrogen) atoms. The van der Waals surface area contributed by atoms with E-state index in [1.165, 1.54) is 24.3 Å². The fourth-order valence-corrected chi connectivity index (χ4v) is 1.32. The van der Waals surface area contributed by atoms with Crippen molar-refractivity contribution in [1.82, 2.24) is 0 Å². The smallest absolute Gasteiger partial charge is 0.415 e. The Bertz CT molecular complexity index is 414. The molecule has 0 aliphatic heterocycles. The van der Waals surface area contributed by atoms with Crippen LogP contribution in [0.15, 0.2) is 24.3 Å². The molecule has 1 aromatic carbocycles. The third kappa shape index (κ3) is 6.33. The summed E-state index contributed by atoms with van der Waals surface area (Å²) in [4.78, 5) is 0. The van der Waals surface area contributed by atoms with Crippen molar-refractivity contribution in [2.75, 3.05) is 6.79 Å². The van der Waals surface area contributed by atoms with Crippen LogP contribution in [-0.4, -0.2) is 25.2 Å². The van der Waals surface area contributed by atoms with Crippen molar-refractivity contribution in [3.63, 3.8) is 0 Å². The van der Waals surface area contributed by atoms with Crippen LogP contribution in [0.1, 0.15) is 6.42 Å². The van der Waals surface area contributed by atoms with Crippen LogP contribution in [0.2, 0.25) is 5.02 Å². The van der Waals surface area contributed by atoms with Gasteiger partial charge in [-0.3, -0.25) is 0 Å². The summed E-state index contributed by atoms with van der Waals surface area (Å²) in [6.07, 6.45) is -15.2.